The van der Waals surface area contributed by atoms with E-state index in [0.29, 0.717) is 41.3 Å². The van der Waals surface area contributed by atoms with Crippen LogP contribution in [0.4, 0.5) is 10.5 Å². The molecule has 1 saturated heterocycles. The Bertz CT molecular complexity index is 896. The number of pyridine rings is 1. The third-order valence-electron chi connectivity index (χ3n) is 4.94. The third-order valence-corrected chi connectivity index (χ3v) is 5.68. The summed E-state index contributed by atoms with van der Waals surface area (Å²) < 4.78 is 1.85. The van der Waals surface area contributed by atoms with Gasteiger partial charge in [-0.3, -0.25) is 4.79 Å². The molecule has 1 N–H and O–H groups in total. The van der Waals surface area contributed by atoms with Crippen molar-refractivity contribution in [2.75, 3.05) is 18.4 Å². The Morgan fingerprint density at radius 1 is 1.08 bits per heavy atom. The van der Waals surface area contributed by atoms with E-state index in [2.05, 4.69) is 5.32 Å². The van der Waals surface area contributed by atoms with E-state index < -0.39 is 0 Å². The minimum Gasteiger partial charge on any atom is -0.324 e. The molecule has 130 valence electrons. The lowest BCUT2D eigenvalue weighted by molar-refractivity contribution is 0.139. The molecule has 4 rings (SSSR count). The van der Waals surface area contributed by atoms with Crippen LogP contribution in [-0.4, -0.2) is 28.6 Å². The number of benzene rings is 1. The number of piperidine rings is 1. The number of likely N-dealkylation sites (tertiary alicyclic amines) is 1. The standard InChI is InChI=1S/C18H17Cl2N3O2/c19-14-5-4-13(7-15(14)20)21-18(25)22-8-11-6-12(10-22)16-2-1-3-17(24)23(16)9-11/h1-5,7,11-12H,6,8-10H2,(H,21,25)/t11-,12+/m0/s1. The Kier molecular flexibility index (Phi) is 4.21. The molecule has 7 heteroatoms. The number of nitrogens with one attached hydrogen (secondary N) is 1. The molecule has 2 aliphatic rings. The third kappa shape index (κ3) is 3.14. The van der Waals surface area contributed by atoms with Crippen LogP contribution in [-0.2, 0) is 6.54 Å². The van der Waals surface area contributed by atoms with Crippen LogP contribution in [0.3, 0.4) is 0 Å². The molecule has 2 aromatic rings. The molecule has 3 heterocycles. The molecule has 2 amide bonds. The number of carbonyl (C=O) groups excluding carboxylic acids is 1. The van der Waals surface area contributed by atoms with Gasteiger partial charge in [-0.2, -0.15) is 0 Å². The van der Waals surface area contributed by atoms with Crippen LogP contribution in [0.2, 0.25) is 10.0 Å². The summed E-state index contributed by atoms with van der Waals surface area (Å²) in [5.41, 5.74) is 1.68. The van der Waals surface area contributed by atoms with Gasteiger partial charge in [-0.15, -0.1) is 0 Å². The van der Waals surface area contributed by atoms with Gasteiger partial charge in [0.05, 0.1) is 10.0 Å². The predicted molar refractivity (Wildman–Crippen MR) is 98.6 cm³/mol. The minimum atomic E-state index is -0.153. The van der Waals surface area contributed by atoms with Crippen molar-refractivity contribution in [3.8, 4) is 0 Å². The first-order chi connectivity index (χ1) is 12.0. The molecule has 0 saturated carbocycles. The van der Waals surface area contributed by atoms with Crippen LogP contribution in [0.1, 0.15) is 18.0 Å². The molecule has 5 nitrogen and oxygen atoms in total. The molecule has 1 aromatic heterocycles. The smallest absolute Gasteiger partial charge is 0.321 e. The maximum absolute atomic E-state index is 12.6. The highest BCUT2D eigenvalue weighted by atomic mass is 35.5. The number of carbonyl (C=O) groups is 1. The van der Waals surface area contributed by atoms with E-state index in [1.165, 1.54) is 0 Å². The number of aromatic nitrogens is 1. The van der Waals surface area contributed by atoms with E-state index in [1.807, 2.05) is 15.5 Å². The average molecular weight is 378 g/mol. The summed E-state index contributed by atoms with van der Waals surface area (Å²) in [6.07, 6.45) is 1.01. The lowest BCUT2D eigenvalue weighted by Crippen LogP contribution is -2.50. The quantitative estimate of drug-likeness (QED) is 0.821. The first-order valence-corrected chi connectivity index (χ1v) is 8.97. The lowest BCUT2D eigenvalue weighted by atomic mass is 9.83. The van der Waals surface area contributed by atoms with Gasteiger partial charge in [0.25, 0.3) is 5.56 Å². The number of halogens is 2. The molecule has 25 heavy (non-hydrogen) atoms. The first kappa shape index (κ1) is 16.5. The van der Waals surface area contributed by atoms with Crippen LogP contribution in [0.15, 0.2) is 41.2 Å². The summed E-state index contributed by atoms with van der Waals surface area (Å²) in [6, 6.07) is 10.3. The van der Waals surface area contributed by atoms with Crippen molar-refractivity contribution >= 4 is 34.9 Å². The van der Waals surface area contributed by atoms with Crippen LogP contribution in [0.25, 0.3) is 0 Å². The maximum atomic E-state index is 12.6. The van der Waals surface area contributed by atoms with Crippen molar-refractivity contribution < 1.29 is 4.79 Å². The summed E-state index contributed by atoms with van der Waals surface area (Å²) in [6.45, 7) is 1.92. The summed E-state index contributed by atoms with van der Waals surface area (Å²) in [7, 11) is 0. The zero-order chi connectivity index (χ0) is 17.6. The second-order valence-electron chi connectivity index (χ2n) is 6.66. The molecular formula is C18H17Cl2N3O2. The monoisotopic (exact) mass is 377 g/mol. The fraction of sp³-hybridized carbons (Fsp3) is 0.333. The first-order valence-electron chi connectivity index (χ1n) is 8.22. The second kappa shape index (κ2) is 6.39. The highest BCUT2D eigenvalue weighted by Crippen LogP contribution is 2.35. The van der Waals surface area contributed by atoms with Gasteiger partial charge in [0, 0.05) is 43.0 Å². The lowest BCUT2D eigenvalue weighted by Gasteiger charge is -2.42. The van der Waals surface area contributed by atoms with Gasteiger partial charge >= 0.3 is 6.03 Å². The molecule has 0 radical (unpaired) electrons. The van der Waals surface area contributed by atoms with Gasteiger partial charge in [-0.05, 0) is 36.6 Å². The Balaban J connectivity index is 1.52. The van der Waals surface area contributed by atoms with E-state index >= 15 is 0 Å². The van der Waals surface area contributed by atoms with Crippen molar-refractivity contribution in [2.24, 2.45) is 5.92 Å². The van der Waals surface area contributed by atoms with Crippen LogP contribution >= 0.6 is 23.2 Å². The zero-order valence-electron chi connectivity index (χ0n) is 13.4. The summed E-state index contributed by atoms with van der Waals surface area (Å²) in [5, 5.41) is 3.74. The Labute approximate surface area is 155 Å². The molecule has 1 fully saturated rings. The topological polar surface area (TPSA) is 54.3 Å². The Morgan fingerprint density at radius 2 is 1.92 bits per heavy atom. The number of nitrogens with zero attached hydrogens (tertiary/aromatic N) is 2. The van der Waals surface area contributed by atoms with Crippen molar-refractivity contribution in [1.29, 1.82) is 0 Å². The molecule has 2 bridgehead atoms. The van der Waals surface area contributed by atoms with Crippen molar-refractivity contribution in [1.82, 2.24) is 9.47 Å². The van der Waals surface area contributed by atoms with E-state index in [4.69, 9.17) is 23.2 Å². The summed E-state index contributed by atoms with van der Waals surface area (Å²) >= 11 is 11.9. The molecule has 0 spiro atoms. The molecule has 1 aromatic carbocycles. The Morgan fingerprint density at radius 3 is 2.72 bits per heavy atom. The van der Waals surface area contributed by atoms with Crippen molar-refractivity contribution in [3.05, 3.63) is 62.5 Å². The molecule has 0 unspecified atom stereocenters. The highest BCUT2D eigenvalue weighted by Gasteiger charge is 2.36. The van der Waals surface area contributed by atoms with Gasteiger partial charge in [-0.1, -0.05) is 29.3 Å². The number of hydrogen-bond acceptors (Lipinski definition) is 2. The van der Waals surface area contributed by atoms with E-state index in [-0.39, 0.29) is 17.5 Å². The highest BCUT2D eigenvalue weighted by molar-refractivity contribution is 6.42. The van der Waals surface area contributed by atoms with Gasteiger partial charge in [-0.25, -0.2) is 4.79 Å². The summed E-state index contributed by atoms with van der Waals surface area (Å²) in [4.78, 5) is 26.5. The zero-order valence-corrected chi connectivity index (χ0v) is 14.9. The maximum Gasteiger partial charge on any atom is 0.321 e. The number of fused-ring (bicyclic) bond motifs is 4. The van der Waals surface area contributed by atoms with Gasteiger partial charge in [0.2, 0.25) is 0 Å². The second-order valence-corrected chi connectivity index (χ2v) is 7.48. The van der Waals surface area contributed by atoms with E-state index in [0.717, 1.165) is 12.1 Å². The van der Waals surface area contributed by atoms with Gasteiger partial charge in [0.15, 0.2) is 0 Å². The number of hydrogen-bond donors (Lipinski definition) is 1. The van der Waals surface area contributed by atoms with Crippen molar-refractivity contribution in [3.63, 3.8) is 0 Å². The largest absolute Gasteiger partial charge is 0.324 e. The molecule has 2 aliphatic heterocycles. The van der Waals surface area contributed by atoms with E-state index in [9.17, 15) is 9.59 Å². The van der Waals surface area contributed by atoms with Crippen LogP contribution in [0, 0.1) is 5.92 Å². The summed E-state index contributed by atoms with van der Waals surface area (Å²) in [5.74, 6) is 0.492. The SMILES string of the molecule is O=C(Nc1ccc(Cl)c(Cl)c1)N1C[C@@H]2C[C@H](C1)c1cccc(=O)n1C2. The van der Waals surface area contributed by atoms with Crippen LogP contribution < -0.4 is 10.9 Å². The van der Waals surface area contributed by atoms with Gasteiger partial charge < -0.3 is 14.8 Å². The fourth-order valence-corrected chi connectivity index (χ4v) is 4.14. The number of urea groups is 1. The molecule has 0 aliphatic carbocycles. The normalized spacial score (nSPS) is 21.6. The number of rotatable bonds is 1. The number of anilines is 1. The minimum absolute atomic E-state index is 0.0425. The average Bonchev–Trinajstić information content (AvgIpc) is 2.59. The molecule has 2 atom stereocenters. The predicted octanol–water partition coefficient (Wildman–Crippen LogP) is 3.81. The van der Waals surface area contributed by atoms with E-state index in [1.54, 1.807) is 30.3 Å². The Hall–Kier alpha value is -1.98. The van der Waals surface area contributed by atoms with Crippen LogP contribution in [0.5, 0.6) is 0 Å². The van der Waals surface area contributed by atoms with Gasteiger partial charge in [0.1, 0.15) is 0 Å². The van der Waals surface area contributed by atoms with Crippen molar-refractivity contribution in [2.45, 2.75) is 18.9 Å². The molecular weight excluding hydrogens is 361 g/mol. The fourth-order valence-electron chi connectivity index (χ4n) is 3.84. The number of amides is 2.